The van der Waals surface area contributed by atoms with E-state index in [4.69, 9.17) is 9.94 Å². The van der Waals surface area contributed by atoms with Gasteiger partial charge in [0, 0.05) is 44.5 Å². The Bertz CT molecular complexity index is 1600. The predicted octanol–water partition coefficient (Wildman–Crippen LogP) is 0.662. The van der Waals surface area contributed by atoms with Gasteiger partial charge in [-0.15, -0.1) is 0 Å². The van der Waals surface area contributed by atoms with E-state index in [0.717, 1.165) is 10.8 Å². The maximum atomic E-state index is 13.5. The van der Waals surface area contributed by atoms with Gasteiger partial charge in [-0.25, -0.2) is 31.6 Å². The fourth-order valence-electron chi connectivity index (χ4n) is 4.37. The van der Waals surface area contributed by atoms with Gasteiger partial charge in [-0.3, -0.25) is 14.9 Å². The Morgan fingerprint density at radius 2 is 1.73 bits per heavy atom. The zero-order valence-electron chi connectivity index (χ0n) is 21.6. The van der Waals surface area contributed by atoms with Gasteiger partial charge in [-0.1, -0.05) is 6.07 Å². The summed E-state index contributed by atoms with van der Waals surface area (Å²) < 4.78 is 99.9. The molecule has 0 bridgehead atoms. The number of amides is 1. The highest BCUT2D eigenvalue weighted by atomic mass is 32.2. The Kier molecular flexibility index (Phi) is 8.90. The zero-order chi connectivity index (χ0) is 30.0. The molecule has 1 amide bonds. The Hall–Kier alpha value is -3.29. The summed E-state index contributed by atoms with van der Waals surface area (Å²) in [4.78, 5) is 13.6. The minimum atomic E-state index is -4.71. The molecule has 18 heteroatoms. The van der Waals surface area contributed by atoms with Crippen LogP contribution in [0.5, 0.6) is 5.75 Å². The van der Waals surface area contributed by atoms with Gasteiger partial charge < -0.3 is 4.74 Å². The average molecular weight is 621 g/mol. The van der Waals surface area contributed by atoms with Crippen molar-refractivity contribution in [1.82, 2.24) is 29.0 Å². The van der Waals surface area contributed by atoms with E-state index in [1.54, 1.807) is 11.0 Å². The van der Waals surface area contributed by atoms with Crippen LogP contribution in [0.1, 0.15) is 11.3 Å². The lowest BCUT2D eigenvalue weighted by atomic mass is 10.2. The molecule has 224 valence electrons. The summed E-state index contributed by atoms with van der Waals surface area (Å²) in [5.41, 5.74) is 0.437. The van der Waals surface area contributed by atoms with Gasteiger partial charge >= 0.3 is 6.18 Å². The summed E-state index contributed by atoms with van der Waals surface area (Å²) in [6, 6.07) is 8.36. The SMILES string of the molecule is CS(=O)(=O)N1CCN(C(CNS(=O)(=O)c2ccc(OCc3c(C(F)(F)F)nn4ccccc34)cc2)C(=O)NO)CC1. The molecule has 0 spiro atoms. The largest absolute Gasteiger partial charge is 0.489 e. The number of sulfonamides is 2. The van der Waals surface area contributed by atoms with Crippen LogP contribution >= 0.6 is 0 Å². The first-order valence-corrected chi connectivity index (χ1v) is 15.4. The Morgan fingerprint density at radius 3 is 2.32 bits per heavy atom. The van der Waals surface area contributed by atoms with Gasteiger partial charge in [0.25, 0.3) is 5.91 Å². The molecule has 1 saturated heterocycles. The van der Waals surface area contributed by atoms with Crippen molar-refractivity contribution in [1.29, 1.82) is 0 Å². The fourth-order valence-corrected chi connectivity index (χ4v) is 6.24. The standard InChI is InChI=1S/C23H27F3N6O7S2/c1-40(35,36)31-12-10-30(11-13-31)20(22(33)29-34)14-27-41(37,38)17-7-5-16(6-8-17)39-15-18-19-4-2-3-9-32(19)28-21(18)23(24,25)26/h2-9,20,27,34H,10-15H2,1H3,(H,29,33). The fraction of sp³-hybridized carbons (Fsp3) is 0.391. The molecular weight excluding hydrogens is 593 g/mol. The van der Waals surface area contributed by atoms with Crippen molar-refractivity contribution in [2.45, 2.75) is 23.7 Å². The molecule has 1 aliphatic rings. The quantitative estimate of drug-likeness (QED) is 0.218. The zero-order valence-corrected chi connectivity index (χ0v) is 23.2. The van der Waals surface area contributed by atoms with Gasteiger partial charge in [0.15, 0.2) is 5.69 Å². The van der Waals surface area contributed by atoms with E-state index >= 15 is 0 Å². The molecule has 3 heterocycles. The summed E-state index contributed by atoms with van der Waals surface area (Å²) in [7, 11) is -7.59. The highest BCUT2D eigenvalue weighted by Crippen LogP contribution is 2.33. The maximum absolute atomic E-state index is 13.5. The molecule has 4 rings (SSSR count). The number of ether oxygens (including phenoxy) is 1. The summed E-state index contributed by atoms with van der Waals surface area (Å²) in [5, 5.41) is 12.7. The lowest BCUT2D eigenvalue weighted by molar-refractivity contribution is -0.142. The van der Waals surface area contributed by atoms with E-state index in [0.29, 0.717) is 0 Å². The first kappa shape index (κ1) is 30.7. The highest BCUT2D eigenvalue weighted by Gasteiger charge is 2.38. The number of benzene rings is 1. The van der Waals surface area contributed by atoms with Crippen LogP contribution in [0.4, 0.5) is 13.2 Å². The molecule has 1 aromatic carbocycles. The van der Waals surface area contributed by atoms with E-state index in [9.17, 15) is 34.8 Å². The van der Waals surface area contributed by atoms with Crippen LogP contribution in [0.3, 0.4) is 0 Å². The molecular formula is C23H27F3N6O7S2. The molecule has 3 aromatic rings. The van der Waals surface area contributed by atoms with Crippen LogP contribution < -0.4 is 14.9 Å². The van der Waals surface area contributed by atoms with Crippen molar-refractivity contribution in [2.24, 2.45) is 0 Å². The number of hydrogen-bond donors (Lipinski definition) is 3. The van der Waals surface area contributed by atoms with Gasteiger partial charge in [0.2, 0.25) is 20.0 Å². The van der Waals surface area contributed by atoms with Gasteiger partial charge in [-0.2, -0.15) is 22.6 Å². The second-order valence-corrected chi connectivity index (χ2v) is 12.9. The molecule has 41 heavy (non-hydrogen) atoms. The number of hydroxylamine groups is 1. The van der Waals surface area contributed by atoms with Crippen LogP contribution in [0, 0.1) is 0 Å². The molecule has 1 unspecified atom stereocenters. The number of piperazine rings is 1. The third kappa shape index (κ3) is 7.14. The van der Waals surface area contributed by atoms with E-state index < -0.39 is 57.0 Å². The number of alkyl halides is 3. The molecule has 1 aliphatic heterocycles. The summed E-state index contributed by atoms with van der Waals surface area (Å²) in [5.74, 6) is -0.774. The lowest BCUT2D eigenvalue weighted by Crippen LogP contribution is -2.58. The second-order valence-electron chi connectivity index (χ2n) is 9.16. The number of fused-ring (bicyclic) bond motifs is 1. The molecule has 0 aliphatic carbocycles. The number of carbonyl (C=O) groups is 1. The van der Waals surface area contributed by atoms with E-state index in [2.05, 4.69) is 9.82 Å². The molecule has 1 fully saturated rings. The summed E-state index contributed by atoms with van der Waals surface area (Å²) in [6.07, 6.45) is -2.27. The summed E-state index contributed by atoms with van der Waals surface area (Å²) in [6.45, 7) is -0.481. The number of nitrogens with zero attached hydrogens (tertiary/aromatic N) is 4. The number of hydrogen-bond acceptors (Lipinski definition) is 9. The minimum absolute atomic E-state index is 0.0853. The van der Waals surface area contributed by atoms with E-state index in [-0.39, 0.29) is 47.9 Å². The van der Waals surface area contributed by atoms with Gasteiger partial charge in [0.05, 0.1) is 16.7 Å². The molecule has 0 saturated carbocycles. The molecule has 3 N–H and O–H groups in total. The van der Waals surface area contributed by atoms with Gasteiger partial charge in [-0.05, 0) is 36.4 Å². The number of rotatable bonds is 10. The average Bonchev–Trinajstić information content (AvgIpc) is 3.31. The number of nitrogens with one attached hydrogen (secondary N) is 2. The Morgan fingerprint density at radius 1 is 1.07 bits per heavy atom. The van der Waals surface area contributed by atoms with Crippen molar-refractivity contribution < 1.29 is 44.7 Å². The van der Waals surface area contributed by atoms with Crippen LogP contribution in [0.25, 0.3) is 5.52 Å². The molecule has 0 radical (unpaired) electrons. The second kappa shape index (κ2) is 11.9. The lowest BCUT2D eigenvalue weighted by Gasteiger charge is -2.37. The van der Waals surface area contributed by atoms with Gasteiger partial charge in [0.1, 0.15) is 18.4 Å². The number of pyridine rings is 1. The monoisotopic (exact) mass is 620 g/mol. The third-order valence-electron chi connectivity index (χ3n) is 6.49. The van der Waals surface area contributed by atoms with Crippen LogP contribution in [-0.2, 0) is 37.6 Å². The highest BCUT2D eigenvalue weighted by molar-refractivity contribution is 7.89. The smallest absolute Gasteiger partial charge is 0.435 e. The normalized spacial score (nSPS) is 16.5. The Balaban J connectivity index is 1.42. The third-order valence-corrected chi connectivity index (χ3v) is 9.23. The van der Waals surface area contributed by atoms with Crippen LogP contribution in [0.2, 0.25) is 0 Å². The maximum Gasteiger partial charge on any atom is 0.435 e. The van der Waals surface area contributed by atoms with Crippen molar-refractivity contribution in [3.63, 3.8) is 0 Å². The van der Waals surface area contributed by atoms with Crippen LogP contribution in [-0.4, -0.2) is 91.8 Å². The van der Waals surface area contributed by atoms with Crippen molar-refractivity contribution >= 4 is 31.5 Å². The van der Waals surface area contributed by atoms with E-state index in [1.165, 1.54) is 52.4 Å². The Labute approximate surface area is 233 Å². The first-order chi connectivity index (χ1) is 19.2. The van der Waals surface area contributed by atoms with E-state index in [1.807, 2.05) is 0 Å². The molecule has 13 nitrogen and oxygen atoms in total. The van der Waals surface area contributed by atoms with Crippen molar-refractivity contribution in [2.75, 3.05) is 39.0 Å². The predicted molar refractivity (Wildman–Crippen MR) is 138 cm³/mol. The number of halogens is 3. The van der Waals surface area contributed by atoms with Crippen LogP contribution in [0.15, 0.2) is 53.6 Å². The molecule has 2 aromatic heterocycles. The first-order valence-electron chi connectivity index (χ1n) is 12.1. The minimum Gasteiger partial charge on any atom is -0.489 e. The summed E-state index contributed by atoms with van der Waals surface area (Å²) >= 11 is 0. The number of carbonyl (C=O) groups excluding carboxylic acids is 1. The van der Waals surface area contributed by atoms with Crippen molar-refractivity contribution in [3.05, 3.63) is 59.9 Å². The topological polar surface area (TPSA) is 163 Å². The number of aromatic nitrogens is 2. The van der Waals surface area contributed by atoms with Crippen molar-refractivity contribution in [3.8, 4) is 5.75 Å². The molecule has 1 atom stereocenters.